The van der Waals surface area contributed by atoms with Crippen molar-refractivity contribution in [2.75, 3.05) is 0 Å². The van der Waals surface area contributed by atoms with E-state index in [-0.39, 0.29) is 10.7 Å². The first-order valence-corrected chi connectivity index (χ1v) is 9.61. The molecule has 2 nitrogen and oxygen atoms in total. The van der Waals surface area contributed by atoms with E-state index in [1.54, 1.807) is 30.3 Å². The fourth-order valence-electron chi connectivity index (χ4n) is 2.56. The smallest absolute Gasteiger partial charge is 0.240 e. The van der Waals surface area contributed by atoms with Crippen LogP contribution >= 0.6 is 23.4 Å². The number of hydrogen-bond acceptors (Lipinski definition) is 3. The minimum absolute atomic E-state index is 0.0582. The Hall–Kier alpha value is -2.49. The maximum atomic E-state index is 13.6. The van der Waals surface area contributed by atoms with E-state index < -0.39 is 17.3 Å². The van der Waals surface area contributed by atoms with Crippen LogP contribution in [-0.4, -0.2) is 4.98 Å². The highest BCUT2D eigenvalue weighted by molar-refractivity contribution is 7.98. The molecule has 0 aliphatic carbocycles. The molecule has 0 N–H and O–H groups in total. The number of nitrogens with zero attached hydrogens (tertiary/aromatic N) is 2. The molecule has 2 aromatic carbocycles. The summed E-state index contributed by atoms with van der Waals surface area (Å²) >= 11 is 6.98. The van der Waals surface area contributed by atoms with Gasteiger partial charge in [0.2, 0.25) is 0 Å². The summed E-state index contributed by atoms with van der Waals surface area (Å²) in [6.07, 6.45) is -4.66. The molecule has 0 atom stereocenters. The quantitative estimate of drug-likeness (QED) is 0.433. The SMILES string of the molecule is Cc1ccc(CSc2nc(-c3ccc(Cl)cc3)cc(C(F)(F)F)c2C#N)cc1. The second kappa shape index (κ2) is 8.26. The molecule has 0 fully saturated rings. The highest BCUT2D eigenvalue weighted by atomic mass is 35.5. The van der Waals surface area contributed by atoms with Gasteiger partial charge in [-0.05, 0) is 30.7 Å². The predicted molar refractivity (Wildman–Crippen MR) is 105 cm³/mol. The Balaban J connectivity index is 2.05. The summed E-state index contributed by atoms with van der Waals surface area (Å²) in [6.45, 7) is 1.96. The van der Waals surface area contributed by atoms with Crippen LogP contribution in [0.2, 0.25) is 5.02 Å². The van der Waals surface area contributed by atoms with Gasteiger partial charge in [-0.3, -0.25) is 0 Å². The maximum Gasteiger partial charge on any atom is 0.417 e. The van der Waals surface area contributed by atoms with Crippen molar-refractivity contribution in [3.8, 4) is 17.3 Å². The van der Waals surface area contributed by atoms with E-state index >= 15 is 0 Å². The predicted octanol–water partition coefficient (Wildman–Crippen LogP) is 6.89. The van der Waals surface area contributed by atoms with Crippen molar-refractivity contribution >= 4 is 23.4 Å². The third-order valence-corrected chi connectivity index (χ3v) is 5.34. The summed E-state index contributed by atoms with van der Waals surface area (Å²) in [7, 11) is 0. The zero-order valence-corrected chi connectivity index (χ0v) is 16.3. The Bertz CT molecular complexity index is 1020. The molecule has 0 aliphatic heterocycles. The lowest BCUT2D eigenvalue weighted by Gasteiger charge is -2.14. The Morgan fingerprint density at radius 3 is 2.29 bits per heavy atom. The van der Waals surface area contributed by atoms with E-state index in [2.05, 4.69) is 4.98 Å². The molecule has 0 unspecified atom stereocenters. The second-order valence-electron chi connectivity index (χ2n) is 6.13. The highest BCUT2D eigenvalue weighted by Gasteiger charge is 2.36. The van der Waals surface area contributed by atoms with Gasteiger partial charge in [-0.2, -0.15) is 18.4 Å². The van der Waals surface area contributed by atoms with Crippen molar-refractivity contribution < 1.29 is 13.2 Å². The average molecular weight is 419 g/mol. The minimum atomic E-state index is -4.66. The molecule has 0 bridgehead atoms. The van der Waals surface area contributed by atoms with E-state index in [1.807, 2.05) is 31.2 Å². The highest BCUT2D eigenvalue weighted by Crippen LogP contribution is 2.38. The molecule has 142 valence electrons. The molecule has 0 aliphatic rings. The van der Waals surface area contributed by atoms with E-state index in [1.165, 1.54) is 0 Å². The van der Waals surface area contributed by atoms with Crippen molar-refractivity contribution in [1.29, 1.82) is 5.26 Å². The summed E-state index contributed by atoms with van der Waals surface area (Å²) in [5.74, 6) is 0.406. The number of hydrogen-bond donors (Lipinski definition) is 0. The van der Waals surface area contributed by atoms with Gasteiger partial charge < -0.3 is 0 Å². The number of aryl methyl sites for hydroxylation is 1. The number of alkyl halides is 3. The number of nitriles is 1. The summed E-state index contributed by atoms with van der Waals surface area (Å²) in [5.41, 5.74) is 1.23. The van der Waals surface area contributed by atoms with Crippen LogP contribution in [0.5, 0.6) is 0 Å². The van der Waals surface area contributed by atoms with Gasteiger partial charge in [0.05, 0.1) is 16.8 Å². The molecule has 0 amide bonds. The molecule has 0 saturated carbocycles. The zero-order chi connectivity index (χ0) is 20.3. The molecule has 0 spiro atoms. The van der Waals surface area contributed by atoms with Crippen LogP contribution in [0.4, 0.5) is 13.2 Å². The van der Waals surface area contributed by atoms with Crippen molar-refractivity contribution in [3.63, 3.8) is 0 Å². The van der Waals surface area contributed by atoms with Gasteiger partial charge in [0.25, 0.3) is 0 Å². The van der Waals surface area contributed by atoms with Crippen LogP contribution in [0.15, 0.2) is 59.6 Å². The van der Waals surface area contributed by atoms with Crippen LogP contribution in [0, 0.1) is 18.3 Å². The first-order valence-electron chi connectivity index (χ1n) is 8.24. The van der Waals surface area contributed by atoms with Gasteiger partial charge in [0.15, 0.2) is 0 Å². The summed E-state index contributed by atoms with van der Waals surface area (Å²) in [4.78, 5) is 4.35. The van der Waals surface area contributed by atoms with E-state index in [0.717, 1.165) is 29.0 Å². The Morgan fingerprint density at radius 2 is 1.71 bits per heavy atom. The second-order valence-corrected chi connectivity index (χ2v) is 7.53. The molecular weight excluding hydrogens is 405 g/mol. The standard InChI is InChI=1S/C21H14ClF3N2S/c1-13-2-4-14(5-3-13)12-28-20-17(11-26)18(21(23,24)25)10-19(27-20)15-6-8-16(22)9-7-15/h2-10H,12H2,1H3. The average Bonchev–Trinajstić information content (AvgIpc) is 2.66. The van der Waals surface area contributed by atoms with Gasteiger partial charge in [-0.15, -0.1) is 11.8 Å². The van der Waals surface area contributed by atoms with Gasteiger partial charge in [0, 0.05) is 16.3 Å². The third-order valence-electron chi connectivity index (χ3n) is 4.04. The molecule has 1 heterocycles. The number of benzene rings is 2. The van der Waals surface area contributed by atoms with Gasteiger partial charge in [-0.25, -0.2) is 4.98 Å². The fraction of sp³-hybridized carbons (Fsp3) is 0.143. The van der Waals surface area contributed by atoms with Crippen LogP contribution in [0.25, 0.3) is 11.3 Å². The lowest BCUT2D eigenvalue weighted by atomic mass is 10.1. The number of aromatic nitrogens is 1. The van der Waals surface area contributed by atoms with Crippen LogP contribution in [0.1, 0.15) is 22.3 Å². The van der Waals surface area contributed by atoms with Crippen molar-refractivity contribution in [2.24, 2.45) is 0 Å². The zero-order valence-electron chi connectivity index (χ0n) is 14.7. The molecular formula is C21H14ClF3N2S. The van der Waals surface area contributed by atoms with Crippen LogP contribution in [0.3, 0.4) is 0 Å². The van der Waals surface area contributed by atoms with E-state index in [4.69, 9.17) is 11.6 Å². The lowest BCUT2D eigenvalue weighted by Crippen LogP contribution is -2.10. The van der Waals surface area contributed by atoms with Crippen molar-refractivity contribution in [1.82, 2.24) is 4.98 Å². The topological polar surface area (TPSA) is 36.7 Å². The molecule has 0 saturated heterocycles. The van der Waals surface area contributed by atoms with Crippen molar-refractivity contribution in [3.05, 3.63) is 81.9 Å². The van der Waals surface area contributed by atoms with E-state index in [0.29, 0.717) is 16.3 Å². The minimum Gasteiger partial charge on any atom is -0.240 e. The number of pyridine rings is 1. The normalized spacial score (nSPS) is 11.3. The van der Waals surface area contributed by atoms with Crippen LogP contribution in [-0.2, 0) is 11.9 Å². The number of rotatable bonds is 4. The monoisotopic (exact) mass is 418 g/mol. The fourth-order valence-corrected chi connectivity index (χ4v) is 3.65. The summed E-state index contributed by atoms with van der Waals surface area (Å²) < 4.78 is 40.7. The molecule has 3 rings (SSSR count). The Morgan fingerprint density at radius 1 is 1.07 bits per heavy atom. The number of halogens is 4. The van der Waals surface area contributed by atoms with Gasteiger partial charge in [0.1, 0.15) is 11.1 Å². The maximum absolute atomic E-state index is 13.6. The molecule has 7 heteroatoms. The van der Waals surface area contributed by atoms with Gasteiger partial charge >= 0.3 is 6.18 Å². The molecule has 1 aromatic heterocycles. The molecule has 0 radical (unpaired) electrons. The summed E-state index contributed by atoms with van der Waals surface area (Å²) in [6, 6.07) is 16.6. The third kappa shape index (κ3) is 4.67. The molecule has 3 aromatic rings. The first kappa shape index (κ1) is 20.2. The Labute approximate surface area is 170 Å². The van der Waals surface area contributed by atoms with E-state index in [9.17, 15) is 18.4 Å². The van der Waals surface area contributed by atoms with Gasteiger partial charge in [-0.1, -0.05) is 53.6 Å². The summed E-state index contributed by atoms with van der Waals surface area (Å²) in [5, 5.41) is 9.91. The van der Waals surface area contributed by atoms with Crippen LogP contribution < -0.4 is 0 Å². The Kier molecular flexibility index (Phi) is 5.97. The first-order chi connectivity index (χ1) is 13.3. The van der Waals surface area contributed by atoms with Crippen molar-refractivity contribution in [2.45, 2.75) is 23.9 Å². The molecule has 28 heavy (non-hydrogen) atoms. The number of thioether (sulfide) groups is 1. The lowest BCUT2D eigenvalue weighted by molar-refractivity contribution is -0.138. The largest absolute Gasteiger partial charge is 0.417 e.